The van der Waals surface area contributed by atoms with Crippen LogP contribution in [-0.2, 0) is 0 Å². The predicted molar refractivity (Wildman–Crippen MR) is 105 cm³/mol. The van der Waals surface area contributed by atoms with Crippen molar-refractivity contribution in [2.75, 3.05) is 38.2 Å². The number of nitrogens with one attached hydrogen (secondary N) is 1. The highest BCUT2D eigenvalue weighted by Gasteiger charge is 2.24. The molecule has 0 bridgehead atoms. The summed E-state index contributed by atoms with van der Waals surface area (Å²) in [6.07, 6.45) is 0. The number of ether oxygens (including phenoxy) is 1. The first-order valence-electron chi connectivity index (χ1n) is 9.19. The number of hydrogen-bond donors (Lipinski definition) is 1. The molecule has 1 aliphatic heterocycles. The van der Waals surface area contributed by atoms with Gasteiger partial charge in [-0.15, -0.1) is 0 Å². The van der Waals surface area contributed by atoms with E-state index in [0.29, 0.717) is 31.9 Å². The van der Waals surface area contributed by atoms with E-state index in [4.69, 9.17) is 4.74 Å². The van der Waals surface area contributed by atoms with Gasteiger partial charge in [0.1, 0.15) is 11.6 Å². The summed E-state index contributed by atoms with van der Waals surface area (Å²) in [6, 6.07) is 12.4. The maximum atomic E-state index is 13.9. The van der Waals surface area contributed by atoms with Gasteiger partial charge in [-0.25, -0.2) is 9.18 Å². The van der Waals surface area contributed by atoms with E-state index < -0.39 is 0 Å². The standard InChI is InChI=1S/C21H26FN3O2/c1-15-8-9-20(27-3)17(14-15)16(2)23-21(26)25-12-10-24(11-13-25)19-7-5-4-6-18(19)22/h4-9,14,16H,10-13H2,1-3H3,(H,23,26). The number of carbonyl (C=O) groups is 1. The van der Waals surface area contributed by atoms with Crippen LogP contribution in [0.25, 0.3) is 0 Å². The molecule has 27 heavy (non-hydrogen) atoms. The number of carbonyl (C=O) groups excluding carboxylic acids is 1. The zero-order valence-electron chi connectivity index (χ0n) is 16.0. The van der Waals surface area contributed by atoms with Crippen molar-refractivity contribution >= 4 is 11.7 Å². The van der Waals surface area contributed by atoms with Crippen LogP contribution >= 0.6 is 0 Å². The second-order valence-electron chi connectivity index (χ2n) is 6.84. The fourth-order valence-corrected chi connectivity index (χ4v) is 3.41. The molecule has 5 nitrogen and oxygen atoms in total. The Morgan fingerprint density at radius 2 is 1.85 bits per heavy atom. The van der Waals surface area contributed by atoms with Gasteiger partial charge in [0.2, 0.25) is 0 Å². The molecule has 1 heterocycles. The van der Waals surface area contributed by atoms with Gasteiger partial charge < -0.3 is 19.9 Å². The third kappa shape index (κ3) is 4.32. The molecule has 0 aromatic heterocycles. The van der Waals surface area contributed by atoms with E-state index in [-0.39, 0.29) is 17.9 Å². The summed E-state index contributed by atoms with van der Waals surface area (Å²) in [6.45, 7) is 6.28. The number of halogens is 1. The molecule has 2 amide bonds. The average molecular weight is 371 g/mol. The minimum absolute atomic E-state index is 0.112. The number of rotatable bonds is 4. The molecule has 144 valence electrons. The Labute approximate surface area is 159 Å². The third-order valence-corrected chi connectivity index (χ3v) is 4.95. The van der Waals surface area contributed by atoms with E-state index in [0.717, 1.165) is 16.9 Å². The number of urea groups is 1. The molecular formula is C21H26FN3O2. The summed E-state index contributed by atoms with van der Waals surface area (Å²) in [4.78, 5) is 16.4. The van der Waals surface area contributed by atoms with Gasteiger partial charge in [0.05, 0.1) is 18.8 Å². The van der Waals surface area contributed by atoms with E-state index in [2.05, 4.69) is 5.32 Å². The van der Waals surface area contributed by atoms with Crippen LogP contribution in [0.2, 0.25) is 0 Å². The van der Waals surface area contributed by atoms with Crippen LogP contribution in [0.5, 0.6) is 5.75 Å². The second-order valence-corrected chi connectivity index (χ2v) is 6.84. The highest BCUT2D eigenvalue weighted by Crippen LogP contribution is 2.26. The third-order valence-electron chi connectivity index (χ3n) is 4.95. The van der Waals surface area contributed by atoms with Crippen LogP contribution in [0, 0.1) is 12.7 Å². The quantitative estimate of drug-likeness (QED) is 0.891. The number of para-hydroxylation sites is 1. The fraction of sp³-hybridized carbons (Fsp3) is 0.381. The lowest BCUT2D eigenvalue weighted by Crippen LogP contribution is -2.52. The van der Waals surface area contributed by atoms with Crippen LogP contribution in [0.1, 0.15) is 24.1 Å². The molecule has 0 spiro atoms. The lowest BCUT2D eigenvalue weighted by molar-refractivity contribution is 0.191. The average Bonchev–Trinajstić information content (AvgIpc) is 2.68. The summed E-state index contributed by atoms with van der Waals surface area (Å²) >= 11 is 0. The molecule has 0 radical (unpaired) electrons. The molecule has 1 fully saturated rings. The zero-order valence-corrected chi connectivity index (χ0v) is 16.0. The molecule has 1 aliphatic rings. The molecule has 3 rings (SSSR count). The molecular weight excluding hydrogens is 345 g/mol. The number of anilines is 1. The Balaban J connectivity index is 1.60. The molecule has 6 heteroatoms. The van der Waals surface area contributed by atoms with E-state index in [1.165, 1.54) is 6.07 Å². The Morgan fingerprint density at radius 1 is 1.15 bits per heavy atom. The van der Waals surface area contributed by atoms with Gasteiger partial charge in [0, 0.05) is 31.7 Å². The maximum absolute atomic E-state index is 13.9. The van der Waals surface area contributed by atoms with E-state index >= 15 is 0 Å². The van der Waals surface area contributed by atoms with Gasteiger partial charge in [-0.1, -0.05) is 29.8 Å². The highest BCUT2D eigenvalue weighted by atomic mass is 19.1. The summed E-state index contributed by atoms with van der Waals surface area (Å²) in [5.41, 5.74) is 2.66. The van der Waals surface area contributed by atoms with Crippen LogP contribution in [0.4, 0.5) is 14.9 Å². The number of benzene rings is 2. The SMILES string of the molecule is COc1ccc(C)cc1C(C)NC(=O)N1CCN(c2ccccc2F)CC1. The zero-order chi connectivity index (χ0) is 19.4. The molecule has 1 atom stereocenters. The molecule has 1 N–H and O–H groups in total. The molecule has 2 aromatic rings. The first-order valence-corrected chi connectivity index (χ1v) is 9.19. The summed E-state index contributed by atoms with van der Waals surface area (Å²) < 4.78 is 19.4. The largest absolute Gasteiger partial charge is 0.496 e. The summed E-state index contributed by atoms with van der Waals surface area (Å²) in [5.74, 6) is 0.535. The minimum Gasteiger partial charge on any atom is -0.496 e. The first kappa shape index (κ1) is 19.0. The van der Waals surface area contributed by atoms with Crippen molar-refractivity contribution in [3.8, 4) is 5.75 Å². The van der Waals surface area contributed by atoms with Crippen LogP contribution in [-0.4, -0.2) is 44.2 Å². The Hall–Kier alpha value is -2.76. The molecule has 1 unspecified atom stereocenters. The molecule has 0 aliphatic carbocycles. The topological polar surface area (TPSA) is 44.8 Å². The van der Waals surface area contributed by atoms with Crippen molar-refractivity contribution in [1.29, 1.82) is 0 Å². The monoisotopic (exact) mass is 371 g/mol. The number of aryl methyl sites for hydroxylation is 1. The van der Waals surface area contributed by atoms with E-state index in [1.54, 1.807) is 24.1 Å². The fourth-order valence-electron chi connectivity index (χ4n) is 3.41. The van der Waals surface area contributed by atoms with Crippen molar-refractivity contribution in [3.63, 3.8) is 0 Å². The lowest BCUT2D eigenvalue weighted by atomic mass is 10.0. The lowest BCUT2D eigenvalue weighted by Gasteiger charge is -2.36. The van der Waals surface area contributed by atoms with Crippen molar-refractivity contribution in [3.05, 3.63) is 59.4 Å². The molecule has 1 saturated heterocycles. The Kier molecular flexibility index (Phi) is 5.84. The maximum Gasteiger partial charge on any atom is 0.317 e. The predicted octanol–water partition coefficient (Wildman–Crippen LogP) is 3.74. The molecule has 0 saturated carbocycles. The number of amides is 2. The first-order chi connectivity index (χ1) is 13.0. The van der Waals surface area contributed by atoms with Crippen molar-refractivity contribution in [2.24, 2.45) is 0 Å². The van der Waals surface area contributed by atoms with Crippen molar-refractivity contribution in [2.45, 2.75) is 19.9 Å². The Bertz CT molecular complexity index is 804. The van der Waals surface area contributed by atoms with Gasteiger partial charge >= 0.3 is 6.03 Å². The van der Waals surface area contributed by atoms with Crippen LogP contribution in [0.3, 0.4) is 0 Å². The summed E-state index contributed by atoms with van der Waals surface area (Å²) in [5, 5.41) is 3.05. The van der Waals surface area contributed by atoms with E-state index in [9.17, 15) is 9.18 Å². The summed E-state index contributed by atoms with van der Waals surface area (Å²) in [7, 11) is 1.63. The van der Waals surface area contributed by atoms with Gasteiger partial charge in [0.25, 0.3) is 0 Å². The molecule has 2 aromatic carbocycles. The minimum atomic E-state index is -0.226. The Morgan fingerprint density at radius 3 is 2.52 bits per heavy atom. The van der Waals surface area contributed by atoms with Gasteiger partial charge in [-0.05, 0) is 32.0 Å². The van der Waals surface area contributed by atoms with Crippen LogP contribution < -0.4 is 15.0 Å². The number of nitrogens with zero attached hydrogens (tertiary/aromatic N) is 2. The van der Waals surface area contributed by atoms with Gasteiger partial charge in [0.15, 0.2) is 0 Å². The van der Waals surface area contributed by atoms with Gasteiger partial charge in [-0.3, -0.25) is 0 Å². The van der Waals surface area contributed by atoms with Crippen molar-refractivity contribution in [1.82, 2.24) is 10.2 Å². The normalized spacial score (nSPS) is 15.4. The van der Waals surface area contributed by atoms with Crippen LogP contribution in [0.15, 0.2) is 42.5 Å². The number of methoxy groups -OCH3 is 1. The smallest absolute Gasteiger partial charge is 0.317 e. The highest BCUT2D eigenvalue weighted by molar-refractivity contribution is 5.75. The number of piperazine rings is 1. The van der Waals surface area contributed by atoms with Crippen molar-refractivity contribution < 1.29 is 13.9 Å². The second kappa shape index (κ2) is 8.29. The van der Waals surface area contributed by atoms with Gasteiger partial charge in [-0.2, -0.15) is 0 Å². The number of hydrogen-bond acceptors (Lipinski definition) is 3. The van der Waals surface area contributed by atoms with E-state index in [1.807, 2.05) is 43.0 Å².